The second-order valence-corrected chi connectivity index (χ2v) is 8.36. The molecule has 31 heavy (non-hydrogen) atoms. The summed E-state index contributed by atoms with van der Waals surface area (Å²) >= 11 is 0. The Hall–Kier alpha value is -3.17. The Morgan fingerprint density at radius 1 is 1.16 bits per heavy atom. The van der Waals surface area contributed by atoms with Crippen molar-refractivity contribution in [1.82, 2.24) is 19.5 Å². The molecule has 2 aromatic heterocycles. The number of hydrogen-bond donors (Lipinski definition) is 4. The zero-order valence-electron chi connectivity index (χ0n) is 15.8. The minimum absolute atomic E-state index is 0.0739. The number of sulfonamides is 1. The van der Waals surface area contributed by atoms with E-state index in [0.29, 0.717) is 11.2 Å². The minimum Gasteiger partial charge on any atom is -0.459 e. The van der Waals surface area contributed by atoms with Crippen molar-refractivity contribution in [3.05, 3.63) is 42.5 Å². The SMILES string of the molecule is Nc1ncnc2c1ncn2C1O[C@H](COC(=O)c2ccc(S(N)(=O)=O)cc2)[C@@H](O)[C@H]1O. The zero-order chi connectivity index (χ0) is 22.3. The molecule has 0 radical (unpaired) electrons. The van der Waals surface area contributed by atoms with Crippen molar-refractivity contribution >= 4 is 33.0 Å². The average molecular weight is 450 g/mol. The second kappa shape index (κ2) is 7.82. The number of imidazole rings is 1. The fourth-order valence-electron chi connectivity index (χ4n) is 3.17. The van der Waals surface area contributed by atoms with Gasteiger partial charge in [0.2, 0.25) is 10.0 Å². The number of nitrogen functional groups attached to an aromatic ring is 1. The van der Waals surface area contributed by atoms with Gasteiger partial charge in [-0.3, -0.25) is 4.57 Å². The molecule has 1 unspecified atom stereocenters. The first kappa shape index (κ1) is 21.1. The van der Waals surface area contributed by atoms with Crippen molar-refractivity contribution < 1.29 is 32.9 Å². The summed E-state index contributed by atoms with van der Waals surface area (Å²) in [6.07, 6.45) is -2.23. The van der Waals surface area contributed by atoms with Crippen molar-refractivity contribution in [3.63, 3.8) is 0 Å². The number of primary sulfonamides is 1. The highest BCUT2D eigenvalue weighted by Gasteiger charge is 2.45. The first-order chi connectivity index (χ1) is 14.7. The molecule has 0 bridgehead atoms. The summed E-state index contributed by atoms with van der Waals surface area (Å²) in [5.41, 5.74) is 6.44. The number of hydrogen-bond acceptors (Lipinski definition) is 11. The summed E-state index contributed by atoms with van der Waals surface area (Å²) in [6.45, 7) is -0.367. The van der Waals surface area contributed by atoms with E-state index in [4.69, 9.17) is 20.3 Å². The standard InChI is InChI=1S/C17H18N6O7S/c18-14-11-15(21-6-20-14)23(7-22-11)16-13(25)12(24)10(30-16)5-29-17(26)8-1-3-9(4-2-8)31(19,27)28/h1-4,6-7,10,12-13,16,24-25H,5H2,(H2,18,20,21)(H2,19,27,28)/t10-,12-,13-,16?/m1/s1. The molecular weight excluding hydrogens is 432 g/mol. The van der Waals surface area contributed by atoms with E-state index >= 15 is 0 Å². The molecule has 164 valence electrons. The molecule has 0 amide bonds. The third kappa shape index (κ3) is 3.94. The number of fused-ring (bicyclic) bond motifs is 1. The van der Waals surface area contributed by atoms with Crippen molar-refractivity contribution in [2.45, 2.75) is 29.4 Å². The van der Waals surface area contributed by atoms with Crippen LogP contribution in [-0.2, 0) is 19.5 Å². The minimum atomic E-state index is -3.89. The monoisotopic (exact) mass is 450 g/mol. The molecule has 1 fully saturated rings. The van der Waals surface area contributed by atoms with Crippen molar-refractivity contribution in [3.8, 4) is 0 Å². The molecule has 0 spiro atoms. The topological polar surface area (TPSA) is 206 Å². The number of esters is 1. The molecular formula is C17H18N6O7S. The summed E-state index contributed by atoms with van der Waals surface area (Å²) in [7, 11) is -3.89. The predicted molar refractivity (Wildman–Crippen MR) is 104 cm³/mol. The van der Waals surface area contributed by atoms with Gasteiger partial charge in [-0.15, -0.1) is 0 Å². The van der Waals surface area contributed by atoms with Crippen LogP contribution in [0.25, 0.3) is 11.2 Å². The van der Waals surface area contributed by atoms with Crippen LogP contribution in [0, 0.1) is 0 Å². The Labute approximate surface area is 175 Å². The number of carbonyl (C=O) groups excluding carboxylic acids is 1. The molecule has 1 aliphatic heterocycles. The summed E-state index contributed by atoms with van der Waals surface area (Å²) in [5, 5.41) is 25.8. The third-order valence-electron chi connectivity index (χ3n) is 4.80. The third-order valence-corrected chi connectivity index (χ3v) is 5.72. The number of ether oxygens (including phenoxy) is 2. The summed E-state index contributed by atoms with van der Waals surface area (Å²) in [6, 6.07) is 4.83. The number of aromatic nitrogens is 4. The first-order valence-corrected chi connectivity index (χ1v) is 10.5. The number of nitrogens with zero attached hydrogens (tertiary/aromatic N) is 4. The molecule has 3 heterocycles. The molecule has 6 N–H and O–H groups in total. The molecule has 4 atom stereocenters. The number of nitrogens with two attached hydrogens (primary N) is 2. The van der Waals surface area contributed by atoms with E-state index in [1.165, 1.54) is 41.5 Å². The Bertz CT molecular complexity index is 1230. The van der Waals surface area contributed by atoms with Crippen LogP contribution < -0.4 is 10.9 Å². The summed E-state index contributed by atoms with van der Waals surface area (Å²) in [5.74, 6) is -0.626. The van der Waals surface area contributed by atoms with E-state index in [9.17, 15) is 23.4 Å². The molecule has 0 saturated carbocycles. The molecule has 4 rings (SSSR count). The first-order valence-electron chi connectivity index (χ1n) is 8.91. The zero-order valence-corrected chi connectivity index (χ0v) is 16.6. The highest BCUT2D eigenvalue weighted by atomic mass is 32.2. The van der Waals surface area contributed by atoms with Gasteiger partial charge in [-0.1, -0.05) is 0 Å². The van der Waals surface area contributed by atoms with Gasteiger partial charge in [0.05, 0.1) is 16.8 Å². The van der Waals surface area contributed by atoms with E-state index in [0.717, 1.165) is 0 Å². The van der Waals surface area contributed by atoms with E-state index in [1.807, 2.05) is 0 Å². The van der Waals surface area contributed by atoms with E-state index in [-0.39, 0.29) is 22.9 Å². The lowest BCUT2D eigenvalue weighted by atomic mass is 10.1. The fraction of sp³-hybridized carbons (Fsp3) is 0.294. The summed E-state index contributed by atoms with van der Waals surface area (Å²) in [4.78, 5) is 24.1. The molecule has 13 nitrogen and oxygen atoms in total. The second-order valence-electron chi connectivity index (χ2n) is 6.80. The van der Waals surface area contributed by atoms with Crippen LogP contribution in [-0.4, -0.2) is 69.0 Å². The Balaban J connectivity index is 1.45. The van der Waals surface area contributed by atoms with Crippen LogP contribution in [0.1, 0.15) is 16.6 Å². The van der Waals surface area contributed by atoms with Gasteiger partial charge in [0.25, 0.3) is 0 Å². The maximum atomic E-state index is 12.2. The van der Waals surface area contributed by atoms with Gasteiger partial charge in [-0.2, -0.15) is 0 Å². The van der Waals surface area contributed by atoms with E-state index in [1.54, 1.807) is 0 Å². The lowest BCUT2D eigenvalue weighted by Crippen LogP contribution is -2.34. The van der Waals surface area contributed by atoms with Gasteiger partial charge in [0.15, 0.2) is 17.7 Å². The normalized spacial score (nSPS) is 23.8. The Kier molecular flexibility index (Phi) is 5.32. The molecule has 1 aromatic carbocycles. The van der Waals surface area contributed by atoms with Gasteiger partial charge >= 0.3 is 5.97 Å². The molecule has 1 saturated heterocycles. The number of aliphatic hydroxyl groups excluding tert-OH is 2. The van der Waals surface area contributed by atoms with E-state index < -0.39 is 40.5 Å². The van der Waals surface area contributed by atoms with E-state index in [2.05, 4.69) is 15.0 Å². The van der Waals surface area contributed by atoms with Crippen LogP contribution in [0.3, 0.4) is 0 Å². The number of aliphatic hydroxyl groups is 2. The van der Waals surface area contributed by atoms with Crippen LogP contribution in [0.5, 0.6) is 0 Å². The molecule has 3 aromatic rings. The molecule has 14 heteroatoms. The average Bonchev–Trinajstić information content (AvgIpc) is 3.28. The maximum absolute atomic E-state index is 12.2. The van der Waals surface area contributed by atoms with Gasteiger partial charge in [0, 0.05) is 0 Å². The number of rotatable bonds is 5. The highest BCUT2D eigenvalue weighted by molar-refractivity contribution is 7.89. The van der Waals surface area contributed by atoms with Crippen molar-refractivity contribution in [2.75, 3.05) is 12.3 Å². The fourth-order valence-corrected chi connectivity index (χ4v) is 3.69. The predicted octanol–water partition coefficient (Wildman–Crippen LogP) is -1.47. The largest absolute Gasteiger partial charge is 0.459 e. The Morgan fingerprint density at radius 3 is 2.55 bits per heavy atom. The quantitative estimate of drug-likeness (QED) is 0.330. The number of carbonyl (C=O) groups is 1. The number of benzene rings is 1. The van der Waals surface area contributed by atoms with Crippen LogP contribution in [0.2, 0.25) is 0 Å². The lowest BCUT2D eigenvalue weighted by molar-refractivity contribution is -0.0565. The molecule has 1 aliphatic rings. The number of anilines is 1. The van der Waals surface area contributed by atoms with Crippen LogP contribution >= 0.6 is 0 Å². The molecule has 0 aliphatic carbocycles. The van der Waals surface area contributed by atoms with Crippen LogP contribution in [0.4, 0.5) is 5.82 Å². The van der Waals surface area contributed by atoms with Gasteiger partial charge in [0.1, 0.15) is 36.8 Å². The van der Waals surface area contributed by atoms with Gasteiger partial charge in [-0.25, -0.2) is 33.3 Å². The Morgan fingerprint density at radius 2 is 1.87 bits per heavy atom. The highest BCUT2D eigenvalue weighted by Crippen LogP contribution is 2.32. The van der Waals surface area contributed by atoms with Gasteiger partial charge < -0.3 is 25.4 Å². The van der Waals surface area contributed by atoms with Crippen molar-refractivity contribution in [1.29, 1.82) is 0 Å². The van der Waals surface area contributed by atoms with Crippen LogP contribution in [0.15, 0.2) is 41.8 Å². The van der Waals surface area contributed by atoms with Crippen molar-refractivity contribution in [2.24, 2.45) is 5.14 Å². The summed E-state index contributed by atoms with van der Waals surface area (Å²) < 4.78 is 34.8. The lowest BCUT2D eigenvalue weighted by Gasteiger charge is -2.16. The maximum Gasteiger partial charge on any atom is 0.338 e. The van der Waals surface area contributed by atoms with Gasteiger partial charge in [-0.05, 0) is 24.3 Å². The smallest absolute Gasteiger partial charge is 0.338 e.